The van der Waals surface area contributed by atoms with Gasteiger partial charge in [0.2, 0.25) is 0 Å². The van der Waals surface area contributed by atoms with E-state index in [4.69, 9.17) is 5.26 Å². The monoisotopic (exact) mass is 220 g/mol. The lowest BCUT2D eigenvalue weighted by atomic mass is 10.3. The van der Waals surface area contributed by atoms with Gasteiger partial charge in [-0.1, -0.05) is 6.92 Å². The summed E-state index contributed by atoms with van der Waals surface area (Å²) in [4.78, 5) is 4.33. The average Bonchev–Trinajstić information content (AvgIpc) is 2.73. The van der Waals surface area contributed by atoms with Crippen molar-refractivity contribution in [2.75, 3.05) is 13.1 Å². The molecule has 0 unspecified atom stereocenters. The Balaban J connectivity index is 2.20. The van der Waals surface area contributed by atoms with Crippen molar-refractivity contribution in [1.29, 1.82) is 5.26 Å². The fourth-order valence-electron chi connectivity index (χ4n) is 1.52. The second kappa shape index (κ2) is 7.89. The maximum atomic E-state index is 8.43. The van der Waals surface area contributed by atoms with Gasteiger partial charge in [-0.15, -0.1) is 0 Å². The number of aromatic nitrogens is 2. The van der Waals surface area contributed by atoms with E-state index in [1.807, 2.05) is 6.33 Å². The molecule has 1 aromatic heterocycles. The fraction of sp³-hybridized carbons (Fsp3) is 0.667. The van der Waals surface area contributed by atoms with Crippen LogP contribution in [0.4, 0.5) is 0 Å². The van der Waals surface area contributed by atoms with Crippen LogP contribution in [0.5, 0.6) is 0 Å². The number of aryl methyl sites for hydroxylation is 1. The van der Waals surface area contributed by atoms with E-state index in [9.17, 15) is 0 Å². The zero-order chi connectivity index (χ0) is 11.6. The molecule has 0 atom stereocenters. The van der Waals surface area contributed by atoms with E-state index in [1.54, 1.807) is 0 Å². The summed E-state index contributed by atoms with van der Waals surface area (Å²) in [6, 6.07) is 2.15. The molecule has 88 valence electrons. The lowest BCUT2D eigenvalue weighted by Crippen LogP contribution is -2.17. The molecule has 0 aliphatic carbocycles. The molecule has 1 rings (SSSR count). The second-order valence-corrected chi connectivity index (χ2v) is 3.86. The molecular weight excluding hydrogens is 200 g/mol. The molecule has 1 heterocycles. The number of hydrogen-bond donors (Lipinski definition) is 1. The lowest BCUT2D eigenvalue weighted by molar-refractivity contribution is 0.649. The summed E-state index contributed by atoms with van der Waals surface area (Å²) in [5, 5.41) is 11.8. The van der Waals surface area contributed by atoms with Crippen LogP contribution >= 0.6 is 0 Å². The van der Waals surface area contributed by atoms with Crippen molar-refractivity contribution in [2.45, 2.75) is 39.2 Å². The van der Waals surface area contributed by atoms with Crippen molar-refractivity contribution >= 4 is 0 Å². The molecule has 1 aromatic rings. The number of hydrogen-bond acceptors (Lipinski definition) is 3. The van der Waals surface area contributed by atoms with E-state index in [0.717, 1.165) is 38.2 Å². The molecule has 0 aliphatic heterocycles. The van der Waals surface area contributed by atoms with Crippen LogP contribution in [0.3, 0.4) is 0 Å². The highest BCUT2D eigenvalue weighted by atomic mass is 15.0. The molecule has 0 saturated heterocycles. The van der Waals surface area contributed by atoms with E-state index in [-0.39, 0.29) is 0 Å². The zero-order valence-electron chi connectivity index (χ0n) is 9.95. The Kier molecular flexibility index (Phi) is 6.28. The van der Waals surface area contributed by atoms with Crippen molar-refractivity contribution in [3.8, 4) is 6.07 Å². The van der Waals surface area contributed by atoms with E-state index < -0.39 is 0 Å². The van der Waals surface area contributed by atoms with Crippen LogP contribution in [0.15, 0.2) is 12.5 Å². The van der Waals surface area contributed by atoms with E-state index in [2.05, 4.69) is 34.1 Å². The van der Waals surface area contributed by atoms with Crippen LogP contribution in [0.1, 0.15) is 31.9 Å². The molecule has 0 saturated carbocycles. The Labute approximate surface area is 97.3 Å². The number of nitrogens with one attached hydrogen (secondary N) is 1. The van der Waals surface area contributed by atoms with Crippen LogP contribution in [-0.4, -0.2) is 22.6 Å². The fourth-order valence-corrected chi connectivity index (χ4v) is 1.52. The van der Waals surface area contributed by atoms with Gasteiger partial charge in [0.25, 0.3) is 0 Å². The molecule has 4 heteroatoms. The quantitative estimate of drug-likeness (QED) is 0.679. The van der Waals surface area contributed by atoms with Gasteiger partial charge in [0.1, 0.15) is 0 Å². The Bertz CT molecular complexity index is 324. The standard InChI is InChI=1S/C12H20N4/c1-2-7-14-8-5-12-10-16(11-15-12)9-4-3-6-13/h10-11,14H,2-5,7-9H2,1H3. The minimum atomic E-state index is 0.617. The highest BCUT2D eigenvalue weighted by molar-refractivity contribution is 4.97. The van der Waals surface area contributed by atoms with E-state index in [1.165, 1.54) is 6.42 Å². The van der Waals surface area contributed by atoms with Gasteiger partial charge in [-0.25, -0.2) is 4.98 Å². The molecule has 0 aromatic carbocycles. The van der Waals surface area contributed by atoms with Gasteiger partial charge in [-0.3, -0.25) is 0 Å². The summed E-state index contributed by atoms with van der Waals surface area (Å²) < 4.78 is 2.06. The zero-order valence-corrected chi connectivity index (χ0v) is 9.95. The first-order valence-electron chi connectivity index (χ1n) is 5.95. The number of nitrogens with zero attached hydrogens (tertiary/aromatic N) is 3. The maximum absolute atomic E-state index is 8.43. The molecular formula is C12H20N4. The van der Waals surface area contributed by atoms with Crippen LogP contribution in [-0.2, 0) is 13.0 Å². The van der Waals surface area contributed by atoms with Gasteiger partial charge in [0.05, 0.1) is 18.1 Å². The first-order chi connectivity index (χ1) is 7.86. The Morgan fingerprint density at radius 3 is 3.12 bits per heavy atom. The summed E-state index contributed by atoms with van der Waals surface area (Å²) in [5.41, 5.74) is 1.13. The Morgan fingerprint density at radius 1 is 1.50 bits per heavy atom. The van der Waals surface area contributed by atoms with Gasteiger partial charge in [0.15, 0.2) is 0 Å². The Hall–Kier alpha value is -1.34. The number of nitriles is 1. The Morgan fingerprint density at radius 2 is 2.38 bits per heavy atom. The van der Waals surface area contributed by atoms with Crippen molar-refractivity contribution in [1.82, 2.24) is 14.9 Å². The summed E-state index contributed by atoms with van der Waals surface area (Å²) >= 11 is 0. The van der Waals surface area contributed by atoms with Crippen LogP contribution < -0.4 is 5.32 Å². The molecule has 0 spiro atoms. The first kappa shape index (κ1) is 12.7. The van der Waals surface area contributed by atoms with Gasteiger partial charge >= 0.3 is 0 Å². The SMILES string of the molecule is CCCNCCc1cn(CCCC#N)cn1. The number of unbranched alkanes of at least 4 members (excludes halogenated alkanes) is 1. The maximum Gasteiger partial charge on any atom is 0.0949 e. The minimum Gasteiger partial charge on any atom is -0.337 e. The van der Waals surface area contributed by atoms with Gasteiger partial charge in [-0.2, -0.15) is 5.26 Å². The molecule has 0 radical (unpaired) electrons. The number of rotatable bonds is 8. The van der Waals surface area contributed by atoms with Crippen LogP contribution in [0.2, 0.25) is 0 Å². The van der Waals surface area contributed by atoms with Gasteiger partial charge < -0.3 is 9.88 Å². The van der Waals surface area contributed by atoms with Crippen molar-refractivity contribution < 1.29 is 0 Å². The molecule has 0 amide bonds. The minimum absolute atomic E-state index is 0.617. The van der Waals surface area contributed by atoms with Crippen LogP contribution in [0.25, 0.3) is 0 Å². The molecule has 0 aliphatic rings. The van der Waals surface area contributed by atoms with Crippen molar-refractivity contribution in [2.24, 2.45) is 0 Å². The topological polar surface area (TPSA) is 53.6 Å². The summed E-state index contributed by atoms with van der Waals surface area (Å²) in [6.45, 7) is 5.12. The predicted molar refractivity (Wildman–Crippen MR) is 63.9 cm³/mol. The highest BCUT2D eigenvalue weighted by Gasteiger charge is 1.98. The molecule has 16 heavy (non-hydrogen) atoms. The predicted octanol–water partition coefficient (Wildman–Crippen LogP) is 1.73. The average molecular weight is 220 g/mol. The third-order valence-corrected chi connectivity index (χ3v) is 2.38. The third kappa shape index (κ3) is 4.94. The summed E-state index contributed by atoms with van der Waals surface area (Å²) in [5.74, 6) is 0. The normalized spacial score (nSPS) is 10.2. The molecule has 0 bridgehead atoms. The largest absolute Gasteiger partial charge is 0.337 e. The van der Waals surface area contributed by atoms with Gasteiger partial charge in [-0.05, 0) is 19.4 Å². The van der Waals surface area contributed by atoms with E-state index in [0.29, 0.717) is 6.42 Å². The molecule has 1 N–H and O–H groups in total. The number of imidazole rings is 1. The smallest absolute Gasteiger partial charge is 0.0949 e. The summed E-state index contributed by atoms with van der Waals surface area (Å²) in [6.07, 6.45) is 7.59. The lowest BCUT2D eigenvalue weighted by Gasteiger charge is -2.00. The second-order valence-electron chi connectivity index (χ2n) is 3.86. The molecule has 0 fully saturated rings. The van der Waals surface area contributed by atoms with Gasteiger partial charge in [0, 0.05) is 32.1 Å². The first-order valence-corrected chi connectivity index (χ1v) is 5.95. The highest BCUT2D eigenvalue weighted by Crippen LogP contribution is 1.99. The molecule has 4 nitrogen and oxygen atoms in total. The van der Waals surface area contributed by atoms with Crippen LogP contribution in [0, 0.1) is 11.3 Å². The van der Waals surface area contributed by atoms with Crippen molar-refractivity contribution in [3.63, 3.8) is 0 Å². The third-order valence-electron chi connectivity index (χ3n) is 2.38. The van der Waals surface area contributed by atoms with E-state index >= 15 is 0 Å². The van der Waals surface area contributed by atoms with Crippen molar-refractivity contribution in [3.05, 3.63) is 18.2 Å². The summed E-state index contributed by atoms with van der Waals surface area (Å²) in [7, 11) is 0.